The highest BCUT2D eigenvalue weighted by atomic mass is 32.2. The molecule has 0 radical (unpaired) electrons. The van der Waals surface area contributed by atoms with Gasteiger partial charge in [0.15, 0.2) is 0 Å². The zero-order chi connectivity index (χ0) is 19.3. The van der Waals surface area contributed by atoms with Crippen molar-refractivity contribution in [3.05, 3.63) is 65.2 Å². The van der Waals surface area contributed by atoms with E-state index in [2.05, 4.69) is 5.32 Å². The molecule has 0 spiro atoms. The summed E-state index contributed by atoms with van der Waals surface area (Å²) in [5.41, 5.74) is 3.30. The third-order valence-electron chi connectivity index (χ3n) is 4.32. The van der Waals surface area contributed by atoms with Gasteiger partial charge in [0.1, 0.15) is 6.54 Å². The van der Waals surface area contributed by atoms with Gasteiger partial charge in [-0.3, -0.25) is 9.10 Å². The van der Waals surface area contributed by atoms with Gasteiger partial charge in [-0.05, 0) is 37.0 Å². The molecule has 0 saturated carbocycles. The molecule has 1 amide bonds. The molecule has 0 heterocycles. The number of aryl methyl sites for hydroxylation is 2. The van der Waals surface area contributed by atoms with E-state index in [9.17, 15) is 13.2 Å². The molecule has 1 atom stereocenters. The fourth-order valence-corrected chi connectivity index (χ4v) is 3.91. The molecule has 2 aromatic rings. The van der Waals surface area contributed by atoms with E-state index < -0.39 is 10.0 Å². The lowest BCUT2D eigenvalue weighted by molar-refractivity contribution is -0.120. The summed E-state index contributed by atoms with van der Waals surface area (Å²) < 4.78 is 26.0. The van der Waals surface area contributed by atoms with Crippen LogP contribution < -0.4 is 9.62 Å². The van der Waals surface area contributed by atoms with E-state index in [1.54, 1.807) is 0 Å². The van der Waals surface area contributed by atoms with Crippen molar-refractivity contribution in [3.8, 4) is 0 Å². The number of nitrogens with one attached hydrogen (secondary N) is 1. The number of carbonyl (C=O) groups is 1. The molecule has 1 unspecified atom stereocenters. The summed E-state index contributed by atoms with van der Waals surface area (Å²) >= 11 is 0. The minimum Gasteiger partial charge on any atom is -0.348 e. The molecule has 0 aromatic heterocycles. The van der Waals surface area contributed by atoms with Crippen LogP contribution in [0.5, 0.6) is 0 Å². The van der Waals surface area contributed by atoms with Crippen molar-refractivity contribution in [2.45, 2.75) is 33.2 Å². The smallest absolute Gasteiger partial charge is 0.241 e. The van der Waals surface area contributed by atoms with E-state index in [0.29, 0.717) is 12.1 Å². The van der Waals surface area contributed by atoms with Crippen LogP contribution in [0.1, 0.15) is 36.6 Å². The van der Waals surface area contributed by atoms with Crippen molar-refractivity contribution in [2.75, 3.05) is 17.1 Å². The second-order valence-corrected chi connectivity index (χ2v) is 8.31. The molecule has 1 N–H and O–H groups in total. The number of hydrogen-bond donors (Lipinski definition) is 1. The Morgan fingerprint density at radius 2 is 1.77 bits per heavy atom. The zero-order valence-corrected chi connectivity index (χ0v) is 16.5. The molecular weight excluding hydrogens is 348 g/mol. The number of benzene rings is 2. The van der Waals surface area contributed by atoms with Gasteiger partial charge in [0, 0.05) is 0 Å². The van der Waals surface area contributed by atoms with Gasteiger partial charge in [0.25, 0.3) is 0 Å². The van der Waals surface area contributed by atoms with E-state index in [4.69, 9.17) is 0 Å². The Morgan fingerprint density at radius 3 is 2.35 bits per heavy atom. The molecule has 2 aromatic carbocycles. The van der Waals surface area contributed by atoms with Crippen LogP contribution in [-0.4, -0.2) is 27.1 Å². The van der Waals surface area contributed by atoms with Gasteiger partial charge in [-0.1, -0.05) is 55.5 Å². The predicted molar refractivity (Wildman–Crippen MR) is 106 cm³/mol. The minimum absolute atomic E-state index is 0.201. The van der Waals surface area contributed by atoms with E-state index in [0.717, 1.165) is 22.9 Å². The Morgan fingerprint density at radius 1 is 1.12 bits per heavy atom. The molecule has 0 aliphatic carbocycles. The predicted octanol–water partition coefficient (Wildman–Crippen LogP) is 3.20. The standard InChI is InChI=1S/C20H26N2O3S/c1-5-17-13-9-10-15(2)20(17)22(26(4,24)25)14-19(23)21-16(3)18-11-7-6-8-12-18/h6-13,16H,5,14H2,1-4H3,(H,21,23). The van der Waals surface area contributed by atoms with Crippen molar-refractivity contribution in [1.82, 2.24) is 5.32 Å². The van der Waals surface area contributed by atoms with Crippen molar-refractivity contribution < 1.29 is 13.2 Å². The molecular formula is C20H26N2O3S. The van der Waals surface area contributed by atoms with Gasteiger partial charge >= 0.3 is 0 Å². The maximum atomic E-state index is 12.6. The number of anilines is 1. The largest absolute Gasteiger partial charge is 0.348 e. The van der Waals surface area contributed by atoms with Gasteiger partial charge in [-0.2, -0.15) is 0 Å². The van der Waals surface area contributed by atoms with Gasteiger partial charge in [0.2, 0.25) is 15.9 Å². The first-order chi connectivity index (χ1) is 12.2. The average Bonchev–Trinajstić information content (AvgIpc) is 2.59. The lowest BCUT2D eigenvalue weighted by atomic mass is 10.1. The number of nitrogens with zero attached hydrogens (tertiary/aromatic N) is 1. The maximum absolute atomic E-state index is 12.6. The van der Waals surface area contributed by atoms with Crippen molar-refractivity contribution in [3.63, 3.8) is 0 Å². The minimum atomic E-state index is -3.60. The van der Waals surface area contributed by atoms with Crippen LogP contribution in [0.15, 0.2) is 48.5 Å². The molecule has 0 fully saturated rings. The Kier molecular flexibility index (Phi) is 6.42. The third-order valence-corrected chi connectivity index (χ3v) is 5.43. The summed E-state index contributed by atoms with van der Waals surface area (Å²) in [6, 6.07) is 15.0. The van der Waals surface area contributed by atoms with Crippen LogP contribution in [0.2, 0.25) is 0 Å². The molecule has 26 heavy (non-hydrogen) atoms. The van der Waals surface area contributed by atoms with Gasteiger partial charge in [-0.25, -0.2) is 8.42 Å². The van der Waals surface area contributed by atoms with Crippen LogP contribution in [0.4, 0.5) is 5.69 Å². The van der Waals surface area contributed by atoms with Gasteiger partial charge in [-0.15, -0.1) is 0 Å². The van der Waals surface area contributed by atoms with E-state index in [1.807, 2.05) is 69.3 Å². The molecule has 5 nitrogen and oxygen atoms in total. The molecule has 6 heteroatoms. The van der Waals surface area contributed by atoms with Gasteiger partial charge in [0.05, 0.1) is 18.0 Å². The topological polar surface area (TPSA) is 66.5 Å². The summed E-state index contributed by atoms with van der Waals surface area (Å²) in [6.45, 7) is 5.46. The highest BCUT2D eigenvalue weighted by molar-refractivity contribution is 7.92. The summed E-state index contributed by atoms with van der Waals surface area (Å²) in [5, 5.41) is 2.88. The van der Waals surface area contributed by atoms with Gasteiger partial charge < -0.3 is 5.32 Å². The molecule has 0 bridgehead atoms. The number of hydrogen-bond acceptors (Lipinski definition) is 3. The Balaban J connectivity index is 2.26. The highest BCUT2D eigenvalue weighted by Gasteiger charge is 2.25. The lowest BCUT2D eigenvalue weighted by Gasteiger charge is -2.27. The summed E-state index contributed by atoms with van der Waals surface area (Å²) in [7, 11) is -3.60. The van der Waals surface area contributed by atoms with Crippen LogP contribution >= 0.6 is 0 Å². The van der Waals surface area contributed by atoms with Crippen molar-refractivity contribution in [2.24, 2.45) is 0 Å². The first-order valence-corrected chi connectivity index (χ1v) is 10.5. The molecule has 0 aliphatic rings. The summed E-state index contributed by atoms with van der Waals surface area (Å²) in [6.07, 6.45) is 1.82. The molecule has 0 saturated heterocycles. The quantitative estimate of drug-likeness (QED) is 0.809. The fraction of sp³-hybridized carbons (Fsp3) is 0.350. The number of amides is 1. The second kappa shape index (κ2) is 8.36. The fourth-order valence-electron chi connectivity index (χ4n) is 2.97. The SMILES string of the molecule is CCc1cccc(C)c1N(CC(=O)NC(C)c1ccccc1)S(C)(=O)=O. The van der Waals surface area contributed by atoms with E-state index in [1.165, 1.54) is 4.31 Å². The summed E-state index contributed by atoms with van der Waals surface area (Å²) in [5.74, 6) is -0.336. The van der Waals surface area contributed by atoms with Crippen molar-refractivity contribution >= 4 is 21.6 Å². The second-order valence-electron chi connectivity index (χ2n) is 6.41. The zero-order valence-electron chi connectivity index (χ0n) is 15.7. The van der Waals surface area contributed by atoms with Crippen LogP contribution in [0, 0.1) is 6.92 Å². The first kappa shape index (κ1) is 20.0. The van der Waals surface area contributed by atoms with Crippen LogP contribution in [0.3, 0.4) is 0 Å². The number of para-hydroxylation sites is 1. The van der Waals surface area contributed by atoms with Crippen molar-refractivity contribution in [1.29, 1.82) is 0 Å². The first-order valence-electron chi connectivity index (χ1n) is 8.64. The maximum Gasteiger partial charge on any atom is 0.241 e. The van der Waals surface area contributed by atoms with E-state index >= 15 is 0 Å². The van der Waals surface area contributed by atoms with Crippen LogP contribution in [0.25, 0.3) is 0 Å². The normalized spacial score (nSPS) is 12.5. The number of carbonyl (C=O) groups excluding carboxylic acids is 1. The molecule has 2 rings (SSSR count). The highest BCUT2D eigenvalue weighted by Crippen LogP contribution is 2.27. The Bertz CT molecular complexity index is 864. The van der Waals surface area contributed by atoms with Crippen LogP contribution in [-0.2, 0) is 21.2 Å². The molecule has 140 valence electrons. The lowest BCUT2D eigenvalue weighted by Crippen LogP contribution is -2.41. The van der Waals surface area contributed by atoms with E-state index in [-0.39, 0.29) is 18.5 Å². The Labute approximate surface area is 156 Å². The summed E-state index contributed by atoms with van der Waals surface area (Å²) in [4.78, 5) is 12.6. The average molecular weight is 375 g/mol. The molecule has 0 aliphatic heterocycles. The Hall–Kier alpha value is -2.34. The third kappa shape index (κ3) is 4.85. The monoisotopic (exact) mass is 374 g/mol. The number of sulfonamides is 1. The number of rotatable bonds is 7.